The van der Waals surface area contributed by atoms with Gasteiger partial charge in [0.1, 0.15) is 0 Å². The molecule has 0 aliphatic heterocycles. The number of nitrogen functional groups attached to an aromatic ring is 1. The van der Waals surface area contributed by atoms with E-state index in [1.54, 1.807) is 12.1 Å². The van der Waals surface area contributed by atoms with Crippen LogP contribution in [0.3, 0.4) is 0 Å². The lowest BCUT2D eigenvalue weighted by molar-refractivity contribution is 1.26. The number of halogens is 2. The van der Waals surface area contributed by atoms with Gasteiger partial charge in [-0.2, -0.15) is 0 Å². The molecule has 1 heterocycles. The highest BCUT2D eigenvalue weighted by atomic mass is 35.5. The first kappa shape index (κ1) is 10.3. The van der Waals surface area contributed by atoms with Crippen LogP contribution < -0.4 is 5.73 Å². The molecule has 0 aliphatic rings. The number of H-pyrrole nitrogens is 1. The van der Waals surface area contributed by atoms with Crippen LogP contribution in [0.15, 0.2) is 18.2 Å². The minimum Gasteiger partial charge on any atom is -0.369 e. The van der Waals surface area contributed by atoms with Gasteiger partial charge in [-0.25, -0.2) is 4.98 Å². The van der Waals surface area contributed by atoms with Crippen LogP contribution >= 0.6 is 23.2 Å². The number of rotatable bonds is 1. The molecule has 2 rings (SSSR count). The zero-order chi connectivity index (χ0) is 11.0. The summed E-state index contributed by atoms with van der Waals surface area (Å²) in [4.78, 5) is 7.10. The molecule has 1 aromatic carbocycles. The number of benzene rings is 1. The second-order valence-electron chi connectivity index (χ2n) is 3.22. The molecule has 78 valence electrons. The van der Waals surface area contributed by atoms with Gasteiger partial charge in [0.2, 0.25) is 0 Å². The molecule has 0 amide bonds. The first-order valence-electron chi connectivity index (χ1n) is 4.35. The number of imidazole rings is 1. The van der Waals surface area contributed by atoms with E-state index in [9.17, 15) is 0 Å². The molecule has 0 saturated heterocycles. The van der Waals surface area contributed by atoms with Gasteiger partial charge in [0.25, 0.3) is 0 Å². The van der Waals surface area contributed by atoms with Crippen LogP contribution in [0.1, 0.15) is 5.69 Å². The van der Waals surface area contributed by atoms with Gasteiger partial charge in [-0.05, 0) is 19.1 Å². The summed E-state index contributed by atoms with van der Waals surface area (Å²) in [6.07, 6.45) is 0. The summed E-state index contributed by atoms with van der Waals surface area (Å²) in [6.45, 7) is 1.90. The van der Waals surface area contributed by atoms with Gasteiger partial charge in [0.05, 0.1) is 15.7 Å². The van der Waals surface area contributed by atoms with Crippen LogP contribution in [0.2, 0.25) is 10.0 Å². The normalized spacial score (nSPS) is 10.6. The van der Waals surface area contributed by atoms with Crippen molar-refractivity contribution in [2.45, 2.75) is 6.92 Å². The van der Waals surface area contributed by atoms with Crippen molar-refractivity contribution in [2.24, 2.45) is 0 Å². The molecule has 3 N–H and O–H groups in total. The largest absolute Gasteiger partial charge is 0.369 e. The highest BCUT2D eigenvalue weighted by Gasteiger charge is 2.08. The zero-order valence-corrected chi connectivity index (χ0v) is 9.52. The number of hydrogen-bond acceptors (Lipinski definition) is 2. The summed E-state index contributed by atoms with van der Waals surface area (Å²) in [5.41, 5.74) is 8.16. The van der Waals surface area contributed by atoms with Crippen LogP contribution in [0.25, 0.3) is 11.3 Å². The Labute approximate surface area is 97.2 Å². The Morgan fingerprint density at radius 1 is 1.27 bits per heavy atom. The van der Waals surface area contributed by atoms with Gasteiger partial charge in [-0.1, -0.05) is 29.3 Å². The highest BCUT2D eigenvalue weighted by Crippen LogP contribution is 2.29. The second kappa shape index (κ2) is 3.76. The number of nitrogens with zero attached hydrogens (tertiary/aromatic N) is 1. The van der Waals surface area contributed by atoms with E-state index in [1.165, 1.54) is 0 Å². The Bertz CT molecular complexity index is 505. The molecular weight excluding hydrogens is 233 g/mol. The fraction of sp³-hybridized carbons (Fsp3) is 0.100. The van der Waals surface area contributed by atoms with Crippen molar-refractivity contribution in [3.63, 3.8) is 0 Å². The van der Waals surface area contributed by atoms with Gasteiger partial charge in [0, 0.05) is 11.3 Å². The van der Waals surface area contributed by atoms with Crippen LogP contribution in [-0.4, -0.2) is 9.97 Å². The number of hydrogen-bond donors (Lipinski definition) is 2. The van der Waals surface area contributed by atoms with E-state index < -0.39 is 0 Å². The van der Waals surface area contributed by atoms with Gasteiger partial charge < -0.3 is 10.7 Å². The second-order valence-corrected chi connectivity index (χ2v) is 4.04. The third-order valence-electron chi connectivity index (χ3n) is 2.10. The Hall–Kier alpha value is -1.19. The Morgan fingerprint density at radius 2 is 2.00 bits per heavy atom. The summed E-state index contributed by atoms with van der Waals surface area (Å²) in [5.74, 6) is 0.397. The van der Waals surface area contributed by atoms with Crippen molar-refractivity contribution in [1.82, 2.24) is 9.97 Å². The molecule has 0 radical (unpaired) electrons. The first-order chi connectivity index (χ1) is 7.08. The van der Waals surface area contributed by atoms with Crippen molar-refractivity contribution < 1.29 is 0 Å². The monoisotopic (exact) mass is 241 g/mol. The Kier molecular flexibility index (Phi) is 2.59. The van der Waals surface area contributed by atoms with E-state index >= 15 is 0 Å². The number of nitrogens with one attached hydrogen (secondary N) is 1. The molecule has 0 aliphatic carbocycles. The molecule has 15 heavy (non-hydrogen) atoms. The molecule has 0 bridgehead atoms. The Balaban J connectivity index is 2.54. The van der Waals surface area contributed by atoms with Gasteiger partial charge in [-0.3, -0.25) is 0 Å². The van der Waals surface area contributed by atoms with E-state index in [-0.39, 0.29) is 0 Å². The highest BCUT2D eigenvalue weighted by molar-refractivity contribution is 6.42. The van der Waals surface area contributed by atoms with Crippen molar-refractivity contribution in [1.29, 1.82) is 0 Å². The number of aryl methyl sites for hydroxylation is 1. The lowest BCUT2D eigenvalue weighted by atomic mass is 10.1. The summed E-state index contributed by atoms with van der Waals surface area (Å²) in [5, 5.41) is 1.04. The number of anilines is 1. The van der Waals surface area contributed by atoms with Crippen molar-refractivity contribution in [2.75, 3.05) is 5.73 Å². The number of aromatic nitrogens is 2. The molecule has 0 unspecified atom stereocenters. The minimum atomic E-state index is 0.397. The van der Waals surface area contributed by atoms with Crippen LogP contribution in [0.5, 0.6) is 0 Å². The summed E-state index contributed by atoms with van der Waals surface area (Å²) < 4.78 is 0. The topological polar surface area (TPSA) is 54.7 Å². The maximum atomic E-state index is 5.92. The lowest BCUT2D eigenvalue weighted by Gasteiger charge is -2.00. The van der Waals surface area contributed by atoms with Crippen LogP contribution in [-0.2, 0) is 0 Å². The van der Waals surface area contributed by atoms with Crippen molar-refractivity contribution in [3.8, 4) is 11.3 Å². The van der Waals surface area contributed by atoms with Gasteiger partial charge >= 0.3 is 0 Å². The lowest BCUT2D eigenvalue weighted by Crippen LogP contribution is -1.85. The molecule has 1 aromatic heterocycles. The summed E-state index contributed by atoms with van der Waals surface area (Å²) in [7, 11) is 0. The summed E-state index contributed by atoms with van der Waals surface area (Å²) >= 11 is 11.7. The third-order valence-corrected chi connectivity index (χ3v) is 2.84. The molecule has 2 aromatic rings. The average molecular weight is 242 g/mol. The molecular formula is C10H9Cl2N3. The molecule has 5 heteroatoms. The van der Waals surface area contributed by atoms with Crippen molar-refractivity contribution in [3.05, 3.63) is 33.9 Å². The summed E-state index contributed by atoms with van der Waals surface area (Å²) in [6, 6.07) is 5.37. The van der Waals surface area contributed by atoms with E-state index in [2.05, 4.69) is 9.97 Å². The quantitative estimate of drug-likeness (QED) is 0.806. The first-order valence-corrected chi connectivity index (χ1v) is 5.11. The standard InChI is InChI=1S/C10H9Cl2N3/c1-5-9(15-10(13)14-5)6-2-3-7(11)8(12)4-6/h2-4H,1H3,(H3,13,14,15). The maximum Gasteiger partial charge on any atom is 0.198 e. The maximum absolute atomic E-state index is 5.92. The molecule has 0 atom stereocenters. The predicted octanol–water partition coefficient (Wildman–Crippen LogP) is 3.27. The zero-order valence-electron chi connectivity index (χ0n) is 8.01. The van der Waals surface area contributed by atoms with E-state index in [4.69, 9.17) is 28.9 Å². The SMILES string of the molecule is Cc1[nH]c(N)nc1-c1ccc(Cl)c(Cl)c1. The van der Waals surface area contributed by atoms with E-state index in [0.717, 1.165) is 17.0 Å². The minimum absolute atomic E-state index is 0.397. The smallest absolute Gasteiger partial charge is 0.198 e. The van der Waals surface area contributed by atoms with Gasteiger partial charge in [-0.15, -0.1) is 0 Å². The molecule has 0 saturated carbocycles. The van der Waals surface area contributed by atoms with E-state index in [0.29, 0.717) is 16.0 Å². The van der Waals surface area contributed by atoms with Crippen molar-refractivity contribution >= 4 is 29.2 Å². The Morgan fingerprint density at radius 3 is 2.53 bits per heavy atom. The number of nitrogens with two attached hydrogens (primary N) is 1. The van der Waals surface area contributed by atoms with Crippen LogP contribution in [0, 0.1) is 6.92 Å². The number of aromatic amines is 1. The van der Waals surface area contributed by atoms with Gasteiger partial charge in [0.15, 0.2) is 5.95 Å². The fourth-order valence-electron chi connectivity index (χ4n) is 1.41. The molecule has 0 fully saturated rings. The average Bonchev–Trinajstić information content (AvgIpc) is 2.50. The fourth-order valence-corrected chi connectivity index (χ4v) is 1.71. The molecule has 0 spiro atoms. The molecule has 3 nitrogen and oxygen atoms in total. The van der Waals surface area contributed by atoms with E-state index in [1.807, 2.05) is 13.0 Å². The third kappa shape index (κ3) is 1.94. The van der Waals surface area contributed by atoms with Crippen LogP contribution in [0.4, 0.5) is 5.95 Å². The predicted molar refractivity (Wildman–Crippen MR) is 63.2 cm³/mol.